The molecular formula is C14H22N2S. The summed E-state index contributed by atoms with van der Waals surface area (Å²) in [4.78, 5) is 4.53. The topological polar surface area (TPSA) is 24.9 Å². The van der Waals surface area contributed by atoms with Gasteiger partial charge in [-0.05, 0) is 57.2 Å². The molecule has 2 rings (SSSR count). The van der Waals surface area contributed by atoms with E-state index in [2.05, 4.69) is 43.2 Å². The zero-order valence-electron chi connectivity index (χ0n) is 11.0. The predicted molar refractivity (Wildman–Crippen MR) is 74.6 cm³/mol. The Kier molecular flexibility index (Phi) is 4.46. The Hall–Kier alpha value is -0.540. The van der Waals surface area contributed by atoms with Crippen LogP contribution in [0, 0.1) is 19.8 Å². The highest BCUT2D eigenvalue weighted by Crippen LogP contribution is 2.32. The molecule has 0 spiro atoms. The van der Waals surface area contributed by atoms with Crippen molar-refractivity contribution in [3.05, 3.63) is 23.4 Å². The summed E-state index contributed by atoms with van der Waals surface area (Å²) in [5, 5.41) is 4.75. The van der Waals surface area contributed by atoms with Crippen molar-refractivity contribution in [1.82, 2.24) is 10.3 Å². The number of hydrogen-bond acceptors (Lipinski definition) is 3. The molecule has 0 radical (unpaired) electrons. The van der Waals surface area contributed by atoms with Gasteiger partial charge in [-0.2, -0.15) is 0 Å². The Morgan fingerprint density at radius 1 is 1.41 bits per heavy atom. The fraction of sp³-hybridized carbons (Fsp3) is 0.643. The van der Waals surface area contributed by atoms with Crippen molar-refractivity contribution < 1.29 is 0 Å². The molecule has 1 saturated carbocycles. The lowest BCUT2D eigenvalue weighted by molar-refractivity contribution is 0.514. The van der Waals surface area contributed by atoms with E-state index in [0.717, 1.165) is 28.9 Å². The van der Waals surface area contributed by atoms with Crippen LogP contribution in [0.25, 0.3) is 0 Å². The van der Waals surface area contributed by atoms with Crippen LogP contribution in [0.5, 0.6) is 0 Å². The van der Waals surface area contributed by atoms with E-state index in [1.165, 1.54) is 18.4 Å². The van der Waals surface area contributed by atoms with E-state index in [9.17, 15) is 0 Å². The van der Waals surface area contributed by atoms with Gasteiger partial charge in [0.2, 0.25) is 0 Å². The zero-order valence-corrected chi connectivity index (χ0v) is 11.8. The second kappa shape index (κ2) is 5.87. The molecule has 0 bridgehead atoms. The number of aromatic nitrogens is 1. The van der Waals surface area contributed by atoms with Gasteiger partial charge in [0.15, 0.2) is 0 Å². The second-order valence-electron chi connectivity index (χ2n) is 5.05. The molecule has 1 aliphatic carbocycles. The minimum absolute atomic E-state index is 0.697. The molecule has 1 fully saturated rings. The van der Waals surface area contributed by atoms with Crippen LogP contribution in [-0.2, 0) is 0 Å². The molecule has 1 aromatic rings. The largest absolute Gasteiger partial charge is 0.313 e. The van der Waals surface area contributed by atoms with Crippen molar-refractivity contribution in [2.24, 2.45) is 5.92 Å². The SMILES string of the molecule is Cc1cc(C)nc(SCCNC(C)C2CC2)c1. The summed E-state index contributed by atoms with van der Waals surface area (Å²) in [5.74, 6) is 2.05. The normalized spacial score (nSPS) is 17.1. The van der Waals surface area contributed by atoms with Crippen LogP contribution in [0.3, 0.4) is 0 Å². The average Bonchev–Trinajstić information content (AvgIpc) is 3.06. The first-order chi connectivity index (χ1) is 8.15. The average molecular weight is 250 g/mol. The van der Waals surface area contributed by atoms with Crippen LogP contribution >= 0.6 is 11.8 Å². The maximum atomic E-state index is 4.53. The van der Waals surface area contributed by atoms with Crippen LogP contribution in [-0.4, -0.2) is 23.3 Å². The van der Waals surface area contributed by atoms with Crippen LogP contribution < -0.4 is 5.32 Å². The first kappa shape index (κ1) is 12.9. The van der Waals surface area contributed by atoms with E-state index in [-0.39, 0.29) is 0 Å². The van der Waals surface area contributed by atoms with E-state index in [4.69, 9.17) is 0 Å². The van der Waals surface area contributed by atoms with Crippen LogP contribution in [0.2, 0.25) is 0 Å². The number of rotatable bonds is 6. The number of thioether (sulfide) groups is 1. The third-order valence-electron chi connectivity index (χ3n) is 3.22. The number of nitrogens with one attached hydrogen (secondary N) is 1. The summed E-state index contributed by atoms with van der Waals surface area (Å²) < 4.78 is 0. The molecule has 0 aromatic carbocycles. The summed E-state index contributed by atoms with van der Waals surface area (Å²) in [6.45, 7) is 7.57. The molecular weight excluding hydrogens is 228 g/mol. The Morgan fingerprint density at radius 2 is 2.18 bits per heavy atom. The third-order valence-corrected chi connectivity index (χ3v) is 4.13. The summed E-state index contributed by atoms with van der Waals surface area (Å²) in [7, 11) is 0. The number of nitrogens with zero attached hydrogens (tertiary/aromatic N) is 1. The molecule has 1 atom stereocenters. The summed E-state index contributed by atoms with van der Waals surface area (Å²) in [6, 6.07) is 4.99. The van der Waals surface area contributed by atoms with E-state index >= 15 is 0 Å². The highest BCUT2D eigenvalue weighted by molar-refractivity contribution is 7.99. The zero-order chi connectivity index (χ0) is 12.3. The lowest BCUT2D eigenvalue weighted by Gasteiger charge is -2.12. The van der Waals surface area contributed by atoms with Crippen molar-refractivity contribution in [2.75, 3.05) is 12.3 Å². The first-order valence-electron chi connectivity index (χ1n) is 6.46. The second-order valence-corrected chi connectivity index (χ2v) is 6.17. The Labute approximate surface area is 109 Å². The Morgan fingerprint density at radius 3 is 2.82 bits per heavy atom. The van der Waals surface area contributed by atoms with Crippen molar-refractivity contribution in [2.45, 2.75) is 44.7 Å². The van der Waals surface area contributed by atoms with Gasteiger partial charge in [0.1, 0.15) is 0 Å². The van der Waals surface area contributed by atoms with E-state index in [1.807, 2.05) is 11.8 Å². The van der Waals surface area contributed by atoms with Gasteiger partial charge in [-0.15, -0.1) is 11.8 Å². The quantitative estimate of drug-likeness (QED) is 0.620. The fourth-order valence-electron chi connectivity index (χ4n) is 2.08. The summed E-state index contributed by atoms with van der Waals surface area (Å²) in [6.07, 6.45) is 2.83. The summed E-state index contributed by atoms with van der Waals surface area (Å²) in [5.41, 5.74) is 2.42. The minimum Gasteiger partial charge on any atom is -0.313 e. The van der Waals surface area contributed by atoms with Crippen molar-refractivity contribution in [3.8, 4) is 0 Å². The van der Waals surface area contributed by atoms with E-state index < -0.39 is 0 Å². The molecule has 2 nitrogen and oxygen atoms in total. The molecule has 0 aliphatic heterocycles. The summed E-state index contributed by atoms with van der Waals surface area (Å²) >= 11 is 1.85. The molecule has 0 saturated heterocycles. The molecule has 1 aliphatic rings. The van der Waals surface area contributed by atoms with E-state index in [1.54, 1.807) is 0 Å². The maximum Gasteiger partial charge on any atom is 0.0966 e. The lowest BCUT2D eigenvalue weighted by atomic mass is 10.2. The van der Waals surface area contributed by atoms with Crippen LogP contribution in [0.15, 0.2) is 17.2 Å². The van der Waals surface area contributed by atoms with Gasteiger partial charge in [-0.25, -0.2) is 4.98 Å². The molecule has 1 N–H and O–H groups in total. The monoisotopic (exact) mass is 250 g/mol. The molecule has 1 aromatic heterocycles. The van der Waals surface area contributed by atoms with Gasteiger partial charge in [-0.1, -0.05) is 0 Å². The predicted octanol–water partition coefficient (Wildman–Crippen LogP) is 3.18. The molecule has 1 unspecified atom stereocenters. The molecule has 17 heavy (non-hydrogen) atoms. The van der Waals surface area contributed by atoms with Gasteiger partial charge in [0.05, 0.1) is 5.03 Å². The number of pyridine rings is 1. The van der Waals surface area contributed by atoms with Gasteiger partial charge in [0.25, 0.3) is 0 Å². The van der Waals surface area contributed by atoms with Crippen LogP contribution in [0.4, 0.5) is 0 Å². The van der Waals surface area contributed by atoms with Crippen LogP contribution in [0.1, 0.15) is 31.0 Å². The van der Waals surface area contributed by atoms with Gasteiger partial charge < -0.3 is 5.32 Å². The molecule has 0 amide bonds. The molecule has 3 heteroatoms. The van der Waals surface area contributed by atoms with Gasteiger partial charge in [0, 0.05) is 24.0 Å². The van der Waals surface area contributed by atoms with Crippen molar-refractivity contribution >= 4 is 11.8 Å². The van der Waals surface area contributed by atoms with Gasteiger partial charge >= 0.3 is 0 Å². The number of hydrogen-bond donors (Lipinski definition) is 1. The smallest absolute Gasteiger partial charge is 0.0966 e. The molecule has 1 heterocycles. The lowest BCUT2D eigenvalue weighted by Crippen LogP contribution is -2.29. The Balaban J connectivity index is 1.70. The highest BCUT2D eigenvalue weighted by Gasteiger charge is 2.27. The van der Waals surface area contributed by atoms with Gasteiger partial charge in [-0.3, -0.25) is 0 Å². The maximum absolute atomic E-state index is 4.53. The van der Waals surface area contributed by atoms with E-state index in [0.29, 0.717) is 6.04 Å². The Bertz CT molecular complexity index is 354. The highest BCUT2D eigenvalue weighted by atomic mass is 32.2. The third kappa shape index (κ3) is 4.32. The van der Waals surface area contributed by atoms with Crippen molar-refractivity contribution in [1.29, 1.82) is 0 Å². The minimum atomic E-state index is 0.697. The fourth-order valence-corrected chi connectivity index (χ4v) is 2.99. The molecule has 94 valence electrons. The number of aryl methyl sites for hydroxylation is 2. The standard InChI is InChI=1S/C14H22N2S/c1-10-8-11(2)16-14(9-10)17-7-6-15-12(3)13-4-5-13/h8-9,12-13,15H,4-7H2,1-3H3. The van der Waals surface area contributed by atoms with Crippen molar-refractivity contribution in [3.63, 3.8) is 0 Å². The first-order valence-corrected chi connectivity index (χ1v) is 7.45.